The van der Waals surface area contributed by atoms with E-state index in [1.54, 1.807) is 43.5 Å². The van der Waals surface area contributed by atoms with E-state index in [0.29, 0.717) is 27.8 Å². The van der Waals surface area contributed by atoms with E-state index in [0.717, 1.165) is 5.56 Å². The average molecular weight is 367 g/mol. The monoisotopic (exact) mass is 367 g/mol. The topological polar surface area (TPSA) is 55.6 Å². The summed E-state index contributed by atoms with van der Waals surface area (Å²) in [6.07, 6.45) is 1.84. The third-order valence-electron chi connectivity index (χ3n) is 3.94. The summed E-state index contributed by atoms with van der Waals surface area (Å²) in [7, 11) is 1.58. The van der Waals surface area contributed by atoms with Crippen molar-refractivity contribution in [2.45, 2.75) is 0 Å². The van der Waals surface area contributed by atoms with Gasteiger partial charge in [0.05, 0.1) is 12.8 Å². The SMILES string of the molecule is COc1ccc(NC(=O)c2nc3sccn3c2-c2ccc(F)cc2)cc1. The number of amides is 1. The summed E-state index contributed by atoms with van der Waals surface area (Å²) in [6, 6.07) is 13.1. The number of rotatable bonds is 4. The molecule has 2 aromatic carbocycles. The average Bonchev–Trinajstić information content (AvgIpc) is 3.24. The molecule has 1 amide bonds. The first-order valence-corrected chi connectivity index (χ1v) is 8.70. The molecule has 5 nitrogen and oxygen atoms in total. The highest BCUT2D eigenvalue weighted by Crippen LogP contribution is 2.28. The Morgan fingerprint density at radius 3 is 2.58 bits per heavy atom. The fraction of sp³-hybridized carbons (Fsp3) is 0.0526. The molecule has 26 heavy (non-hydrogen) atoms. The lowest BCUT2D eigenvalue weighted by Crippen LogP contribution is -2.13. The lowest BCUT2D eigenvalue weighted by atomic mass is 10.1. The highest BCUT2D eigenvalue weighted by atomic mass is 32.1. The van der Waals surface area contributed by atoms with E-state index in [-0.39, 0.29) is 11.7 Å². The molecule has 0 bridgehead atoms. The second kappa shape index (κ2) is 6.61. The molecule has 2 aromatic heterocycles. The van der Waals surface area contributed by atoms with Crippen LogP contribution in [0.15, 0.2) is 60.1 Å². The molecule has 130 valence electrons. The van der Waals surface area contributed by atoms with Crippen molar-refractivity contribution in [2.75, 3.05) is 12.4 Å². The predicted molar refractivity (Wildman–Crippen MR) is 99.4 cm³/mol. The molecule has 0 saturated heterocycles. The van der Waals surface area contributed by atoms with Gasteiger partial charge in [-0.2, -0.15) is 0 Å². The minimum atomic E-state index is -0.330. The number of ether oxygens (including phenoxy) is 1. The molecule has 0 aliphatic carbocycles. The number of benzene rings is 2. The summed E-state index contributed by atoms with van der Waals surface area (Å²) in [5.41, 5.74) is 2.28. The van der Waals surface area contributed by atoms with Gasteiger partial charge < -0.3 is 10.1 Å². The van der Waals surface area contributed by atoms with Gasteiger partial charge >= 0.3 is 0 Å². The van der Waals surface area contributed by atoms with Gasteiger partial charge in [-0.25, -0.2) is 9.37 Å². The van der Waals surface area contributed by atoms with Crippen molar-refractivity contribution in [2.24, 2.45) is 0 Å². The van der Waals surface area contributed by atoms with Crippen LogP contribution in [-0.4, -0.2) is 22.4 Å². The van der Waals surface area contributed by atoms with Gasteiger partial charge in [0.1, 0.15) is 11.6 Å². The number of methoxy groups -OCH3 is 1. The van der Waals surface area contributed by atoms with Crippen LogP contribution in [0.4, 0.5) is 10.1 Å². The number of carbonyl (C=O) groups excluding carboxylic acids is 1. The summed E-state index contributed by atoms with van der Waals surface area (Å²) in [5.74, 6) is 0.0481. The molecule has 0 fully saturated rings. The van der Waals surface area contributed by atoms with Gasteiger partial charge in [0.25, 0.3) is 5.91 Å². The summed E-state index contributed by atoms with van der Waals surface area (Å²) in [5, 5.41) is 4.73. The van der Waals surface area contributed by atoms with Crippen molar-refractivity contribution in [1.82, 2.24) is 9.38 Å². The maximum absolute atomic E-state index is 13.3. The third-order valence-corrected chi connectivity index (χ3v) is 4.70. The number of anilines is 1. The van der Waals surface area contributed by atoms with Crippen LogP contribution in [0.3, 0.4) is 0 Å². The molecule has 4 aromatic rings. The standard InChI is InChI=1S/C19H14FN3O2S/c1-25-15-8-6-14(7-9-15)21-18(24)16-17(12-2-4-13(20)5-3-12)23-10-11-26-19(23)22-16/h2-11H,1H3,(H,21,24). The Morgan fingerprint density at radius 1 is 1.15 bits per heavy atom. The number of hydrogen-bond acceptors (Lipinski definition) is 4. The van der Waals surface area contributed by atoms with Crippen molar-refractivity contribution in [1.29, 1.82) is 0 Å². The molecular weight excluding hydrogens is 353 g/mol. The smallest absolute Gasteiger partial charge is 0.276 e. The number of fused-ring (bicyclic) bond motifs is 1. The summed E-state index contributed by atoms with van der Waals surface area (Å²) in [4.78, 5) is 18.0. The molecule has 0 aliphatic heterocycles. The van der Waals surface area contributed by atoms with Crippen LogP contribution in [0, 0.1) is 5.82 Å². The van der Waals surface area contributed by atoms with Gasteiger partial charge in [-0.05, 0) is 48.5 Å². The van der Waals surface area contributed by atoms with Crippen LogP contribution in [0.2, 0.25) is 0 Å². The number of nitrogens with one attached hydrogen (secondary N) is 1. The minimum Gasteiger partial charge on any atom is -0.497 e. The van der Waals surface area contributed by atoms with Gasteiger partial charge in [0.2, 0.25) is 0 Å². The molecule has 0 unspecified atom stereocenters. The van der Waals surface area contributed by atoms with Gasteiger partial charge in [0.15, 0.2) is 10.7 Å². The van der Waals surface area contributed by atoms with E-state index in [9.17, 15) is 9.18 Å². The molecular formula is C19H14FN3O2S. The van der Waals surface area contributed by atoms with Crippen molar-refractivity contribution < 1.29 is 13.9 Å². The van der Waals surface area contributed by atoms with Gasteiger partial charge in [-0.1, -0.05) is 0 Å². The molecule has 0 spiro atoms. The number of thiazole rings is 1. The van der Waals surface area contributed by atoms with Crippen LogP contribution in [0.25, 0.3) is 16.2 Å². The van der Waals surface area contributed by atoms with E-state index in [2.05, 4.69) is 10.3 Å². The zero-order chi connectivity index (χ0) is 18.1. The largest absolute Gasteiger partial charge is 0.497 e. The predicted octanol–water partition coefficient (Wildman–Crippen LogP) is 4.46. The Balaban J connectivity index is 1.73. The van der Waals surface area contributed by atoms with Crippen molar-refractivity contribution in [3.63, 3.8) is 0 Å². The fourth-order valence-electron chi connectivity index (χ4n) is 2.69. The highest BCUT2D eigenvalue weighted by Gasteiger charge is 2.21. The first kappa shape index (κ1) is 16.3. The Bertz CT molecular complexity index is 1070. The van der Waals surface area contributed by atoms with Crippen molar-refractivity contribution in [3.8, 4) is 17.0 Å². The molecule has 4 rings (SSSR count). The van der Waals surface area contributed by atoms with Gasteiger partial charge in [0, 0.05) is 22.8 Å². The maximum Gasteiger partial charge on any atom is 0.276 e. The van der Waals surface area contributed by atoms with E-state index in [4.69, 9.17) is 4.74 Å². The first-order valence-electron chi connectivity index (χ1n) is 7.82. The third kappa shape index (κ3) is 2.93. The molecule has 0 saturated carbocycles. The fourth-order valence-corrected chi connectivity index (χ4v) is 3.41. The number of halogens is 1. The van der Waals surface area contributed by atoms with Crippen molar-refractivity contribution in [3.05, 3.63) is 71.6 Å². The second-order valence-electron chi connectivity index (χ2n) is 5.55. The molecule has 2 heterocycles. The van der Waals surface area contributed by atoms with E-state index >= 15 is 0 Å². The number of imidazole rings is 1. The molecule has 0 radical (unpaired) electrons. The van der Waals surface area contributed by atoms with Crippen LogP contribution in [0.5, 0.6) is 5.75 Å². The number of hydrogen-bond donors (Lipinski definition) is 1. The van der Waals surface area contributed by atoms with Crippen molar-refractivity contribution >= 4 is 27.9 Å². The van der Waals surface area contributed by atoms with Gasteiger partial charge in [-0.3, -0.25) is 9.20 Å². The number of aromatic nitrogens is 2. The lowest BCUT2D eigenvalue weighted by molar-refractivity contribution is 0.102. The maximum atomic E-state index is 13.3. The van der Waals surface area contributed by atoms with Crippen LogP contribution < -0.4 is 10.1 Å². The quantitative estimate of drug-likeness (QED) is 0.579. The Morgan fingerprint density at radius 2 is 1.88 bits per heavy atom. The van der Waals surface area contributed by atoms with Crippen LogP contribution in [-0.2, 0) is 0 Å². The summed E-state index contributed by atoms with van der Waals surface area (Å²) in [6.45, 7) is 0. The summed E-state index contributed by atoms with van der Waals surface area (Å²) < 4.78 is 20.2. The zero-order valence-electron chi connectivity index (χ0n) is 13.8. The zero-order valence-corrected chi connectivity index (χ0v) is 14.6. The lowest BCUT2D eigenvalue weighted by Gasteiger charge is -2.07. The Kier molecular flexibility index (Phi) is 4.14. The first-order chi connectivity index (χ1) is 12.7. The highest BCUT2D eigenvalue weighted by molar-refractivity contribution is 7.15. The minimum absolute atomic E-state index is 0.291. The molecule has 7 heteroatoms. The van der Waals surface area contributed by atoms with E-state index in [1.165, 1.54) is 23.5 Å². The molecule has 0 aliphatic rings. The van der Waals surface area contributed by atoms with Gasteiger partial charge in [-0.15, -0.1) is 11.3 Å². The van der Waals surface area contributed by atoms with E-state index < -0.39 is 0 Å². The normalized spacial score (nSPS) is 10.8. The Hall–Kier alpha value is -3.19. The van der Waals surface area contributed by atoms with Crippen LogP contribution in [0.1, 0.15) is 10.5 Å². The number of carbonyl (C=O) groups is 1. The molecule has 1 N–H and O–H groups in total. The van der Waals surface area contributed by atoms with E-state index in [1.807, 2.05) is 16.0 Å². The Labute approximate surface area is 152 Å². The number of nitrogens with zero attached hydrogens (tertiary/aromatic N) is 2. The van der Waals surface area contributed by atoms with Crippen LogP contribution >= 0.6 is 11.3 Å². The molecule has 0 atom stereocenters. The second-order valence-corrected chi connectivity index (χ2v) is 6.43. The summed E-state index contributed by atoms with van der Waals surface area (Å²) >= 11 is 1.43.